The van der Waals surface area contributed by atoms with Crippen molar-refractivity contribution < 1.29 is 4.79 Å². The Labute approximate surface area is 115 Å². The van der Waals surface area contributed by atoms with Gasteiger partial charge in [-0.2, -0.15) is 10.5 Å². The minimum Gasteiger partial charge on any atom is -0.342 e. The first-order valence-corrected chi connectivity index (χ1v) is 7.02. The number of carbonyl (C=O) groups excluding carboxylic acids is 1. The average Bonchev–Trinajstić information content (AvgIpc) is 3.06. The molecule has 0 N–H and O–H groups in total. The Morgan fingerprint density at radius 2 is 1.58 bits per heavy atom. The topological polar surface area (TPSA) is 71.1 Å². The summed E-state index contributed by atoms with van der Waals surface area (Å²) in [6, 6.07) is 4.17. The van der Waals surface area contributed by atoms with E-state index < -0.39 is 0 Å². The molecular formula is C14H22N4O. The van der Waals surface area contributed by atoms with Crippen LogP contribution in [0.1, 0.15) is 38.5 Å². The van der Waals surface area contributed by atoms with Crippen LogP contribution in [0.25, 0.3) is 0 Å². The van der Waals surface area contributed by atoms with Crippen LogP contribution in [0.15, 0.2) is 0 Å². The average molecular weight is 262 g/mol. The van der Waals surface area contributed by atoms with Crippen molar-refractivity contribution in [2.75, 3.05) is 32.7 Å². The third kappa shape index (κ3) is 6.22. The van der Waals surface area contributed by atoms with E-state index in [1.54, 1.807) is 4.90 Å². The molecule has 0 unspecified atom stereocenters. The van der Waals surface area contributed by atoms with Crippen molar-refractivity contribution in [1.82, 2.24) is 9.80 Å². The Kier molecular flexibility index (Phi) is 7.62. The predicted octanol–water partition coefficient (Wildman–Crippen LogP) is 1.52. The second-order valence-corrected chi connectivity index (χ2v) is 4.85. The normalized spacial score (nSPS) is 18.6. The molecule has 2 aliphatic rings. The quantitative estimate of drug-likeness (QED) is 0.770. The van der Waals surface area contributed by atoms with Crippen molar-refractivity contribution in [3.8, 4) is 12.1 Å². The number of hydrogen-bond donors (Lipinski definition) is 0. The second-order valence-electron chi connectivity index (χ2n) is 4.85. The van der Waals surface area contributed by atoms with Crippen LogP contribution in [0.3, 0.4) is 0 Å². The Morgan fingerprint density at radius 3 is 2.11 bits per heavy atom. The third-order valence-corrected chi connectivity index (χ3v) is 3.40. The highest BCUT2D eigenvalue weighted by Gasteiger charge is 2.18. The molecule has 1 amide bonds. The van der Waals surface area contributed by atoms with Gasteiger partial charge < -0.3 is 9.80 Å². The van der Waals surface area contributed by atoms with Crippen molar-refractivity contribution in [3.63, 3.8) is 0 Å². The molecule has 0 saturated carbocycles. The Morgan fingerprint density at radius 1 is 0.947 bits per heavy atom. The first-order chi connectivity index (χ1) is 9.27. The summed E-state index contributed by atoms with van der Waals surface area (Å²) >= 11 is 0. The summed E-state index contributed by atoms with van der Waals surface area (Å²) in [4.78, 5) is 15.0. The van der Waals surface area contributed by atoms with E-state index in [-0.39, 0.29) is 5.91 Å². The molecule has 2 saturated heterocycles. The summed E-state index contributed by atoms with van der Waals surface area (Å²) in [5, 5.41) is 16.5. The van der Waals surface area contributed by atoms with Crippen molar-refractivity contribution in [3.05, 3.63) is 0 Å². The van der Waals surface area contributed by atoms with Crippen molar-refractivity contribution in [2.24, 2.45) is 0 Å². The van der Waals surface area contributed by atoms with Crippen molar-refractivity contribution in [1.29, 1.82) is 10.5 Å². The number of nitrogens with zero attached hydrogens (tertiary/aromatic N) is 4. The van der Waals surface area contributed by atoms with E-state index >= 15 is 0 Å². The minimum atomic E-state index is 0.204. The Balaban J connectivity index is 0.000000191. The van der Waals surface area contributed by atoms with Crippen LogP contribution in [-0.2, 0) is 4.79 Å². The van der Waals surface area contributed by atoms with Gasteiger partial charge in [-0.15, -0.1) is 0 Å². The standard InChI is InChI=1S/C7H10N2O.C7H12N2/c8-4-2-6-9-5-1-3-7(9)10;8-4-3-7-9-5-1-2-6-9/h1-3,5-6H2;1-3,5-7H2. The van der Waals surface area contributed by atoms with Gasteiger partial charge >= 0.3 is 0 Å². The lowest BCUT2D eigenvalue weighted by Gasteiger charge is -2.11. The summed E-state index contributed by atoms with van der Waals surface area (Å²) in [6.07, 6.45) is 5.44. The lowest BCUT2D eigenvalue weighted by molar-refractivity contribution is -0.127. The van der Waals surface area contributed by atoms with Crippen molar-refractivity contribution in [2.45, 2.75) is 38.5 Å². The Hall–Kier alpha value is -1.59. The van der Waals surface area contributed by atoms with E-state index in [2.05, 4.69) is 11.0 Å². The van der Waals surface area contributed by atoms with E-state index in [4.69, 9.17) is 10.5 Å². The number of amides is 1. The monoisotopic (exact) mass is 262 g/mol. The lowest BCUT2D eigenvalue weighted by Crippen LogP contribution is -2.25. The highest BCUT2D eigenvalue weighted by molar-refractivity contribution is 5.78. The van der Waals surface area contributed by atoms with E-state index in [0.717, 1.165) is 19.5 Å². The smallest absolute Gasteiger partial charge is 0.222 e. The molecule has 2 rings (SSSR count). The molecule has 0 aromatic carbocycles. The molecule has 0 spiro atoms. The molecule has 2 fully saturated rings. The maximum absolute atomic E-state index is 10.9. The number of rotatable bonds is 4. The van der Waals surface area contributed by atoms with E-state index in [1.807, 2.05) is 6.07 Å². The molecule has 0 aliphatic carbocycles. The van der Waals surface area contributed by atoms with Crippen LogP contribution < -0.4 is 0 Å². The third-order valence-electron chi connectivity index (χ3n) is 3.40. The molecule has 5 nitrogen and oxygen atoms in total. The molecule has 104 valence electrons. The van der Waals surface area contributed by atoms with Gasteiger partial charge in [0.15, 0.2) is 0 Å². The van der Waals surface area contributed by atoms with Gasteiger partial charge in [-0.25, -0.2) is 0 Å². The summed E-state index contributed by atoms with van der Waals surface area (Å²) in [5.74, 6) is 0.204. The van der Waals surface area contributed by atoms with Crippen LogP contribution in [0.4, 0.5) is 0 Å². The molecule has 0 radical (unpaired) electrons. The van der Waals surface area contributed by atoms with Gasteiger partial charge in [0.1, 0.15) is 0 Å². The molecule has 0 bridgehead atoms. The fourth-order valence-electron chi connectivity index (χ4n) is 2.34. The summed E-state index contributed by atoms with van der Waals surface area (Å²) in [5.41, 5.74) is 0. The molecule has 5 heteroatoms. The SMILES string of the molecule is N#CCCN1CCCC1.N#CCCN1CCCC1=O. The fourth-order valence-corrected chi connectivity index (χ4v) is 2.34. The predicted molar refractivity (Wildman–Crippen MR) is 71.9 cm³/mol. The van der Waals surface area contributed by atoms with E-state index in [9.17, 15) is 4.79 Å². The first-order valence-electron chi connectivity index (χ1n) is 7.02. The van der Waals surface area contributed by atoms with Gasteiger partial charge in [0, 0.05) is 32.5 Å². The summed E-state index contributed by atoms with van der Waals surface area (Å²) in [6.45, 7) is 4.87. The highest BCUT2D eigenvalue weighted by atomic mass is 16.2. The number of carbonyl (C=O) groups is 1. The van der Waals surface area contributed by atoms with Crippen LogP contribution in [0.2, 0.25) is 0 Å². The number of nitriles is 2. The number of likely N-dealkylation sites (tertiary alicyclic amines) is 2. The van der Waals surface area contributed by atoms with Crippen LogP contribution in [0.5, 0.6) is 0 Å². The van der Waals surface area contributed by atoms with E-state index in [1.165, 1.54) is 25.9 Å². The minimum absolute atomic E-state index is 0.204. The second kappa shape index (κ2) is 9.35. The van der Waals surface area contributed by atoms with Gasteiger partial charge in [-0.3, -0.25) is 4.79 Å². The van der Waals surface area contributed by atoms with Crippen LogP contribution in [0, 0.1) is 22.7 Å². The van der Waals surface area contributed by atoms with Gasteiger partial charge in [-0.1, -0.05) is 0 Å². The van der Waals surface area contributed by atoms with Gasteiger partial charge in [0.05, 0.1) is 18.6 Å². The molecule has 0 atom stereocenters. The maximum Gasteiger partial charge on any atom is 0.222 e. The fraction of sp³-hybridized carbons (Fsp3) is 0.786. The van der Waals surface area contributed by atoms with Crippen LogP contribution >= 0.6 is 0 Å². The van der Waals surface area contributed by atoms with Gasteiger partial charge in [-0.05, 0) is 32.4 Å². The number of hydrogen-bond acceptors (Lipinski definition) is 4. The zero-order chi connectivity index (χ0) is 13.9. The van der Waals surface area contributed by atoms with E-state index in [0.29, 0.717) is 25.8 Å². The summed E-state index contributed by atoms with van der Waals surface area (Å²) in [7, 11) is 0. The van der Waals surface area contributed by atoms with Crippen molar-refractivity contribution >= 4 is 5.91 Å². The lowest BCUT2D eigenvalue weighted by atomic mass is 10.4. The van der Waals surface area contributed by atoms with Gasteiger partial charge in [0.2, 0.25) is 5.91 Å². The summed E-state index contributed by atoms with van der Waals surface area (Å²) < 4.78 is 0. The molecule has 2 aliphatic heterocycles. The molecule has 0 aromatic heterocycles. The molecular weight excluding hydrogens is 240 g/mol. The van der Waals surface area contributed by atoms with Crippen LogP contribution in [-0.4, -0.2) is 48.4 Å². The largest absolute Gasteiger partial charge is 0.342 e. The van der Waals surface area contributed by atoms with Gasteiger partial charge in [0.25, 0.3) is 0 Å². The molecule has 0 aromatic rings. The molecule has 19 heavy (non-hydrogen) atoms. The maximum atomic E-state index is 10.9. The Bertz CT molecular complexity index is 349. The molecule has 2 heterocycles. The first kappa shape index (κ1) is 15.5. The zero-order valence-corrected chi connectivity index (χ0v) is 11.5. The highest BCUT2D eigenvalue weighted by Crippen LogP contribution is 2.09. The zero-order valence-electron chi connectivity index (χ0n) is 11.5.